The number of amides is 2. The molecule has 0 radical (unpaired) electrons. The Balaban J connectivity index is 1.77. The van der Waals surface area contributed by atoms with Gasteiger partial charge in [-0.25, -0.2) is 14.6 Å². The number of rotatable bonds is 1. The molecule has 1 saturated heterocycles. The number of benzene rings is 1. The molecule has 2 amide bonds. The third-order valence-corrected chi connectivity index (χ3v) is 5.10. The number of esters is 1. The number of imidazole rings is 1. The largest absolute Gasteiger partial charge is 0.455 e. The third-order valence-electron chi connectivity index (χ3n) is 4.86. The fourth-order valence-corrected chi connectivity index (χ4v) is 3.80. The molecule has 2 aromatic rings. The SMILES string of the molecule is CC(C)(C)OC(=O)c1ncn2c1CN(C(=O)N1CCCC1)c1cc(Cl)ccc1-2. The van der Waals surface area contributed by atoms with E-state index in [9.17, 15) is 9.59 Å². The van der Waals surface area contributed by atoms with Crippen LogP contribution in [0.5, 0.6) is 0 Å². The highest BCUT2D eigenvalue weighted by Crippen LogP contribution is 2.36. The van der Waals surface area contributed by atoms with Crippen molar-refractivity contribution in [3.05, 3.63) is 40.9 Å². The highest BCUT2D eigenvalue weighted by Gasteiger charge is 2.35. The van der Waals surface area contributed by atoms with E-state index in [0.717, 1.165) is 31.6 Å². The average molecular weight is 403 g/mol. The van der Waals surface area contributed by atoms with E-state index in [1.807, 2.05) is 36.3 Å². The Kier molecular flexibility index (Phi) is 4.57. The molecular weight excluding hydrogens is 380 g/mol. The maximum atomic E-state index is 13.2. The van der Waals surface area contributed by atoms with Gasteiger partial charge in [-0.15, -0.1) is 0 Å². The molecule has 0 N–H and O–H groups in total. The number of halogens is 1. The Bertz CT molecular complexity index is 941. The first-order valence-corrected chi connectivity index (χ1v) is 9.78. The van der Waals surface area contributed by atoms with Crippen LogP contribution in [0.1, 0.15) is 49.8 Å². The van der Waals surface area contributed by atoms with Crippen LogP contribution in [0.2, 0.25) is 5.02 Å². The first-order valence-electron chi connectivity index (χ1n) is 9.40. The number of nitrogens with zero attached hydrogens (tertiary/aromatic N) is 4. The Morgan fingerprint density at radius 2 is 1.86 bits per heavy atom. The Hall–Kier alpha value is -2.54. The van der Waals surface area contributed by atoms with Crippen LogP contribution in [-0.2, 0) is 11.3 Å². The van der Waals surface area contributed by atoms with Crippen LogP contribution in [0, 0.1) is 0 Å². The van der Waals surface area contributed by atoms with Gasteiger partial charge in [-0.1, -0.05) is 11.6 Å². The van der Waals surface area contributed by atoms with E-state index < -0.39 is 11.6 Å². The lowest BCUT2D eigenvalue weighted by molar-refractivity contribution is 0.00619. The molecule has 1 fully saturated rings. The summed E-state index contributed by atoms with van der Waals surface area (Å²) in [5.74, 6) is -0.493. The van der Waals surface area contributed by atoms with E-state index in [2.05, 4.69) is 4.98 Å². The molecule has 2 aliphatic heterocycles. The summed E-state index contributed by atoms with van der Waals surface area (Å²) in [5, 5.41) is 0.550. The zero-order valence-corrected chi connectivity index (χ0v) is 17.0. The van der Waals surface area contributed by atoms with E-state index in [-0.39, 0.29) is 18.3 Å². The average Bonchev–Trinajstić information content (AvgIpc) is 3.28. The highest BCUT2D eigenvalue weighted by molar-refractivity contribution is 6.31. The predicted octanol–water partition coefficient (Wildman–Crippen LogP) is 4.02. The molecule has 0 bridgehead atoms. The van der Waals surface area contributed by atoms with Crippen molar-refractivity contribution in [3.8, 4) is 5.69 Å². The van der Waals surface area contributed by atoms with E-state index >= 15 is 0 Å². The number of fused-ring (bicyclic) bond motifs is 3. The highest BCUT2D eigenvalue weighted by atomic mass is 35.5. The number of hydrogen-bond donors (Lipinski definition) is 0. The van der Waals surface area contributed by atoms with Crippen molar-refractivity contribution in [3.63, 3.8) is 0 Å². The lowest BCUT2D eigenvalue weighted by Crippen LogP contribution is -2.44. The first-order chi connectivity index (χ1) is 13.2. The van der Waals surface area contributed by atoms with Gasteiger partial charge in [0, 0.05) is 18.1 Å². The number of carbonyl (C=O) groups excluding carboxylic acids is 2. The monoisotopic (exact) mass is 402 g/mol. The van der Waals surface area contributed by atoms with Crippen LogP contribution in [-0.4, -0.2) is 45.1 Å². The van der Waals surface area contributed by atoms with Crippen LogP contribution in [0.3, 0.4) is 0 Å². The normalized spacial score (nSPS) is 16.0. The van der Waals surface area contributed by atoms with Crippen LogP contribution in [0.15, 0.2) is 24.5 Å². The Labute approximate surface area is 168 Å². The molecule has 0 aliphatic carbocycles. The number of hydrogen-bond acceptors (Lipinski definition) is 4. The van der Waals surface area contributed by atoms with Gasteiger partial charge in [0.05, 0.1) is 23.6 Å². The summed E-state index contributed by atoms with van der Waals surface area (Å²) in [7, 11) is 0. The minimum absolute atomic E-state index is 0.0800. The van der Waals surface area contributed by atoms with Crippen molar-refractivity contribution in [2.45, 2.75) is 45.8 Å². The molecule has 0 unspecified atom stereocenters. The third kappa shape index (κ3) is 3.35. The number of anilines is 1. The van der Waals surface area contributed by atoms with Crippen molar-refractivity contribution >= 4 is 29.3 Å². The summed E-state index contributed by atoms with van der Waals surface area (Å²) < 4.78 is 7.33. The molecule has 1 aromatic heterocycles. The fourth-order valence-electron chi connectivity index (χ4n) is 3.63. The van der Waals surface area contributed by atoms with Crippen LogP contribution >= 0.6 is 11.6 Å². The maximum Gasteiger partial charge on any atom is 0.359 e. The summed E-state index contributed by atoms with van der Waals surface area (Å²) in [6, 6.07) is 5.30. The molecule has 4 rings (SSSR count). The van der Waals surface area contributed by atoms with E-state index in [4.69, 9.17) is 16.3 Å². The molecular formula is C20H23ClN4O3. The number of aromatic nitrogens is 2. The van der Waals surface area contributed by atoms with Gasteiger partial charge in [-0.05, 0) is 51.8 Å². The number of ether oxygens (including phenoxy) is 1. The lowest BCUT2D eigenvalue weighted by Gasteiger charge is -2.33. The van der Waals surface area contributed by atoms with E-state index in [0.29, 0.717) is 16.4 Å². The number of likely N-dealkylation sites (tertiary alicyclic amines) is 1. The predicted molar refractivity (Wildman–Crippen MR) is 106 cm³/mol. The first kappa shape index (κ1) is 18.8. The van der Waals surface area contributed by atoms with Crippen molar-refractivity contribution < 1.29 is 14.3 Å². The molecule has 7 nitrogen and oxygen atoms in total. The number of urea groups is 1. The standard InChI is InChI=1S/C20H23ClN4O3/c1-20(2,3)28-18(26)17-16-11-24(19(27)23-8-4-5-9-23)15-10-13(21)6-7-14(15)25(16)12-22-17/h6-7,10,12H,4-5,8-9,11H2,1-3H3. The topological polar surface area (TPSA) is 67.7 Å². The molecule has 0 saturated carbocycles. The van der Waals surface area contributed by atoms with Crippen LogP contribution in [0.4, 0.5) is 10.5 Å². The Morgan fingerprint density at radius 1 is 1.14 bits per heavy atom. The zero-order valence-electron chi connectivity index (χ0n) is 16.2. The maximum absolute atomic E-state index is 13.2. The van der Waals surface area contributed by atoms with Crippen LogP contribution in [0.25, 0.3) is 5.69 Å². The van der Waals surface area contributed by atoms with Gasteiger partial charge in [-0.2, -0.15) is 0 Å². The van der Waals surface area contributed by atoms with Gasteiger partial charge in [0.1, 0.15) is 11.9 Å². The van der Waals surface area contributed by atoms with E-state index in [1.54, 1.807) is 23.4 Å². The summed E-state index contributed by atoms with van der Waals surface area (Å²) >= 11 is 6.21. The number of carbonyl (C=O) groups is 2. The van der Waals surface area contributed by atoms with Crippen molar-refractivity contribution in [1.29, 1.82) is 0 Å². The molecule has 8 heteroatoms. The zero-order chi connectivity index (χ0) is 20.1. The summed E-state index contributed by atoms with van der Waals surface area (Å²) in [4.78, 5) is 33.7. The molecule has 148 valence electrons. The quantitative estimate of drug-likeness (QED) is 0.676. The van der Waals surface area contributed by atoms with Gasteiger partial charge in [0.2, 0.25) is 0 Å². The lowest BCUT2D eigenvalue weighted by atomic mass is 10.1. The molecule has 28 heavy (non-hydrogen) atoms. The molecule has 0 spiro atoms. The molecule has 3 heterocycles. The summed E-state index contributed by atoms with van der Waals surface area (Å²) in [6.45, 7) is 7.15. The van der Waals surface area contributed by atoms with Gasteiger partial charge in [0.15, 0.2) is 5.69 Å². The van der Waals surface area contributed by atoms with Gasteiger partial charge >= 0.3 is 12.0 Å². The Morgan fingerprint density at radius 3 is 2.54 bits per heavy atom. The van der Waals surface area contributed by atoms with Gasteiger partial charge in [0.25, 0.3) is 0 Å². The summed E-state index contributed by atoms with van der Waals surface area (Å²) in [6.07, 6.45) is 3.60. The van der Waals surface area contributed by atoms with Gasteiger partial charge < -0.3 is 9.64 Å². The molecule has 1 aromatic carbocycles. The minimum atomic E-state index is -0.626. The van der Waals surface area contributed by atoms with Crippen molar-refractivity contribution in [2.24, 2.45) is 0 Å². The minimum Gasteiger partial charge on any atom is -0.455 e. The van der Waals surface area contributed by atoms with Crippen LogP contribution < -0.4 is 4.90 Å². The van der Waals surface area contributed by atoms with Crippen molar-refractivity contribution in [2.75, 3.05) is 18.0 Å². The van der Waals surface area contributed by atoms with Gasteiger partial charge in [-0.3, -0.25) is 9.47 Å². The van der Waals surface area contributed by atoms with E-state index in [1.165, 1.54) is 0 Å². The second-order valence-electron chi connectivity index (χ2n) is 8.11. The molecule has 0 atom stereocenters. The summed E-state index contributed by atoms with van der Waals surface area (Å²) in [5.41, 5.74) is 1.72. The smallest absolute Gasteiger partial charge is 0.359 e. The second-order valence-corrected chi connectivity index (χ2v) is 8.54. The molecule has 2 aliphatic rings. The van der Waals surface area contributed by atoms with Crippen molar-refractivity contribution in [1.82, 2.24) is 14.5 Å². The second kappa shape index (κ2) is 6.81. The fraction of sp³-hybridized carbons (Fsp3) is 0.450.